The second-order valence-corrected chi connectivity index (χ2v) is 9.09. The van der Waals surface area contributed by atoms with E-state index in [0.29, 0.717) is 31.0 Å². The summed E-state index contributed by atoms with van der Waals surface area (Å²) in [5, 5.41) is 3.67. The first-order valence-electron chi connectivity index (χ1n) is 12.0. The van der Waals surface area contributed by atoms with Gasteiger partial charge < -0.3 is 10.2 Å². The van der Waals surface area contributed by atoms with E-state index in [4.69, 9.17) is 11.6 Å². The molecule has 0 saturated carbocycles. The number of aryl methyl sites for hydroxylation is 1. The van der Waals surface area contributed by atoms with E-state index in [1.54, 1.807) is 17.0 Å². The van der Waals surface area contributed by atoms with Crippen molar-refractivity contribution in [3.63, 3.8) is 0 Å². The van der Waals surface area contributed by atoms with Gasteiger partial charge in [-0.2, -0.15) is 0 Å². The van der Waals surface area contributed by atoms with Crippen LogP contribution in [0.5, 0.6) is 0 Å². The van der Waals surface area contributed by atoms with Gasteiger partial charge in [0.25, 0.3) is 0 Å². The van der Waals surface area contributed by atoms with Crippen LogP contribution >= 0.6 is 11.6 Å². The van der Waals surface area contributed by atoms with Crippen LogP contribution in [-0.2, 0) is 29.1 Å². The Labute approximate surface area is 217 Å². The molecule has 0 aliphatic rings. The molecule has 0 aliphatic heterocycles. The van der Waals surface area contributed by atoms with E-state index in [9.17, 15) is 9.59 Å². The molecule has 36 heavy (non-hydrogen) atoms. The van der Waals surface area contributed by atoms with Gasteiger partial charge in [-0.15, -0.1) is 0 Å². The lowest BCUT2D eigenvalue weighted by Gasteiger charge is -2.32. The molecule has 2 amide bonds. The number of hydrogen-bond acceptors (Lipinski definition) is 2. The van der Waals surface area contributed by atoms with E-state index < -0.39 is 6.04 Å². The fourth-order valence-corrected chi connectivity index (χ4v) is 4.27. The van der Waals surface area contributed by atoms with Crippen LogP contribution < -0.4 is 5.32 Å². The summed E-state index contributed by atoms with van der Waals surface area (Å²) in [6, 6.07) is 35.8. The molecule has 1 atom stereocenters. The summed E-state index contributed by atoms with van der Waals surface area (Å²) in [4.78, 5) is 29.0. The topological polar surface area (TPSA) is 49.4 Å². The van der Waals surface area contributed by atoms with Gasteiger partial charge in [0.15, 0.2) is 0 Å². The van der Waals surface area contributed by atoms with Gasteiger partial charge in [0, 0.05) is 24.5 Å². The van der Waals surface area contributed by atoms with E-state index >= 15 is 0 Å². The standard InChI is InChI=1S/C31H29ClN2O2/c32-28-19-16-26(17-20-28)23-34(29(35)21-18-24-10-4-1-5-11-24)30(27-14-8-3-9-15-27)31(36)33-22-25-12-6-2-7-13-25/h1-17,19-20,30H,18,21-23H2,(H,33,36)/t30-/m1/s1. The molecule has 182 valence electrons. The van der Waals surface area contributed by atoms with Crippen LogP contribution in [0, 0.1) is 0 Å². The van der Waals surface area contributed by atoms with E-state index in [0.717, 1.165) is 22.3 Å². The number of halogens is 1. The zero-order valence-corrected chi connectivity index (χ0v) is 20.8. The molecule has 0 unspecified atom stereocenters. The Hall–Kier alpha value is -3.89. The summed E-state index contributed by atoms with van der Waals surface area (Å²) in [6.45, 7) is 0.680. The number of carbonyl (C=O) groups excluding carboxylic acids is 2. The van der Waals surface area contributed by atoms with Gasteiger partial charge in [-0.05, 0) is 40.8 Å². The molecule has 4 rings (SSSR count). The molecule has 1 N–H and O–H groups in total. The third-order valence-electron chi connectivity index (χ3n) is 6.04. The molecule has 0 saturated heterocycles. The van der Waals surface area contributed by atoms with Crippen LogP contribution in [0.25, 0.3) is 0 Å². The maximum Gasteiger partial charge on any atom is 0.247 e. The third-order valence-corrected chi connectivity index (χ3v) is 6.29. The highest BCUT2D eigenvalue weighted by atomic mass is 35.5. The highest BCUT2D eigenvalue weighted by Crippen LogP contribution is 2.26. The normalized spacial score (nSPS) is 11.5. The second-order valence-electron chi connectivity index (χ2n) is 8.65. The minimum Gasteiger partial charge on any atom is -0.350 e. The molecule has 5 heteroatoms. The van der Waals surface area contributed by atoms with Crippen molar-refractivity contribution < 1.29 is 9.59 Å². The summed E-state index contributed by atoms with van der Waals surface area (Å²) < 4.78 is 0. The Balaban J connectivity index is 1.62. The number of carbonyl (C=O) groups is 2. The lowest BCUT2D eigenvalue weighted by Crippen LogP contribution is -2.43. The molecule has 0 aromatic heterocycles. The van der Waals surface area contributed by atoms with E-state index in [1.807, 2.05) is 103 Å². The van der Waals surface area contributed by atoms with E-state index in [-0.39, 0.29) is 11.8 Å². The number of rotatable bonds is 10. The van der Waals surface area contributed by atoms with Crippen LogP contribution in [0.15, 0.2) is 115 Å². The minimum atomic E-state index is -0.770. The first-order valence-corrected chi connectivity index (χ1v) is 12.4. The molecule has 4 aromatic rings. The average Bonchev–Trinajstić information content (AvgIpc) is 2.93. The lowest BCUT2D eigenvalue weighted by molar-refractivity contribution is -0.141. The lowest BCUT2D eigenvalue weighted by atomic mass is 10.0. The highest BCUT2D eigenvalue weighted by Gasteiger charge is 2.31. The van der Waals surface area contributed by atoms with Crippen molar-refractivity contribution in [3.8, 4) is 0 Å². The van der Waals surface area contributed by atoms with Crippen molar-refractivity contribution in [2.75, 3.05) is 0 Å². The Morgan fingerprint density at radius 1 is 0.694 bits per heavy atom. The Bertz CT molecular complexity index is 1250. The van der Waals surface area contributed by atoms with Gasteiger partial charge in [-0.25, -0.2) is 0 Å². The zero-order valence-electron chi connectivity index (χ0n) is 20.0. The van der Waals surface area contributed by atoms with Crippen molar-refractivity contribution >= 4 is 23.4 Å². The Kier molecular flexibility index (Phi) is 8.90. The first kappa shape index (κ1) is 25.2. The zero-order chi connectivity index (χ0) is 25.2. The third kappa shape index (κ3) is 7.06. The van der Waals surface area contributed by atoms with Crippen molar-refractivity contribution in [2.45, 2.75) is 32.0 Å². The molecule has 0 heterocycles. The molecular weight excluding hydrogens is 468 g/mol. The summed E-state index contributed by atoms with van der Waals surface area (Å²) in [5.74, 6) is -0.301. The maximum absolute atomic E-state index is 13.7. The highest BCUT2D eigenvalue weighted by molar-refractivity contribution is 6.30. The van der Waals surface area contributed by atoms with E-state index in [2.05, 4.69) is 5.32 Å². The minimum absolute atomic E-state index is 0.0856. The van der Waals surface area contributed by atoms with Gasteiger partial charge in [0.1, 0.15) is 6.04 Å². The Morgan fingerprint density at radius 2 is 1.25 bits per heavy atom. The predicted molar refractivity (Wildman–Crippen MR) is 144 cm³/mol. The summed E-state index contributed by atoms with van der Waals surface area (Å²) in [5.41, 5.74) is 3.76. The van der Waals surface area contributed by atoms with Crippen LogP contribution in [-0.4, -0.2) is 16.7 Å². The molecular formula is C31H29ClN2O2. The molecule has 0 aliphatic carbocycles. The number of benzene rings is 4. The quantitative estimate of drug-likeness (QED) is 0.278. The fraction of sp³-hybridized carbons (Fsp3) is 0.161. The molecule has 0 fully saturated rings. The van der Waals surface area contributed by atoms with Gasteiger partial charge in [-0.1, -0.05) is 115 Å². The van der Waals surface area contributed by atoms with Crippen LogP contribution in [0.4, 0.5) is 0 Å². The number of hydrogen-bond donors (Lipinski definition) is 1. The van der Waals surface area contributed by atoms with E-state index in [1.165, 1.54) is 0 Å². The average molecular weight is 497 g/mol. The molecule has 0 spiro atoms. The summed E-state index contributed by atoms with van der Waals surface area (Å²) >= 11 is 6.09. The molecule has 4 nitrogen and oxygen atoms in total. The monoisotopic (exact) mass is 496 g/mol. The predicted octanol–water partition coefficient (Wildman–Crippen LogP) is 6.36. The van der Waals surface area contributed by atoms with Crippen molar-refractivity contribution in [3.05, 3.63) is 143 Å². The molecule has 0 bridgehead atoms. The number of amides is 2. The summed E-state index contributed by atoms with van der Waals surface area (Å²) in [6.07, 6.45) is 0.900. The van der Waals surface area contributed by atoms with Crippen LogP contribution in [0.1, 0.15) is 34.7 Å². The maximum atomic E-state index is 13.7. The summed E-state index contributed by atoms with van der Waals surface area (Å²) in [7, 11) is 0. The van der Waals surface area contributed by atoms with Gasteiger partial charge in [0.05, 0.1) is 0 Å². The SMILES string of the molecule is O=C(NCc1ccccc1)[C@@H](c1ccccc1)N(Cc1ccc(Cl)cc1)C(=O)CCc1ccccc1. The van der Waals surface area contributed by atoms with Crippen molar-refractivity contribution in [1.29, 1.82) is 0 Å². The largest absolute Gasteiger partial charge is 0.350 e. The smallest absolute Gasteiger partial charge is 0.247 e. The van der Waals surface area contributed by atoms with Crippen LogP contribution in [0.2, 0.25) is 5.02 Å². The van der Waals surface area contributed by atoms with Gasteiger partial charge in [0.2, 0.25) is 11.8 Å². The van der Waals surface area contributed by atoms with Crippen molar-refractivity contribution in [1.82, 2.24) is 10.2 Å². The van der Waals surface area contributed by atoms with Crippen molar-refractivity contribution in [2.24, 2.45) is 0 Å². The van der Waals surface area contributed by atoms with Crippen LogP contribution in [0.3, 0.4) is 0 Å². The number of nitrogens with one attached hydrogen (secondary N) is 1. The van der Waals surface area contributed by atoms with Gasteiger partial charge in [-0.3, -0.25) is 9.59 Å². The molecule has 4 aromatic carbocycles. The fourth-order valence-electron chi connectivity index (χ4n) is 4.14. The first-order chi connectivity index (χ1) is 17.6. The second kappa shape index (κ2) is 12.7. The molecule has 0 radical (unpaired) electrons. The van der Waals surface area contributed by atoms with Gasteiger partial charge >= 0.3 is 0 Å². The Morgan fingerprint density at radius 3 is 1.86 bits per heavy atom. The number of nitrogens with zero attached hydrogens (tertiary/aromatic N) is 1.